The first-order chi connectivity index (χ1) is 9.13. The van der Waals surface area contributed by atoms with Crippen molar-refractivity contribution in [3.05, 3.63) is 29.8 Å². The maximum Gasteiger partial charge on any atom is 0.319 e. The maximum absolute atomic E-state index is 11.5. The molecule has 1 rings (SSSR count). The van der Waals surface area contributed by atoms with Crippen LogP contribution in [0.3, 0.4) is 0 Å². The largest absolute Gasteiger partial charge is 0.394 e. The minimum Gasteiger partial charge on any atom is -0.394 e. The van der Waals surface area contributed by atoms with Gasteiger partial charge in [0.2, 0.25) is 0 Å². The van der Waals surface area contributed by atoms with Crippen molar-refractivity contribution in [2.75, 3.05) is 31.7 Å². The molecule has 0 heterocycles. The van der Waals surface area contributed by atoms with Crippen molar-refractivity contribution in [1.29, 1.82) is 0 Å². The van der Waals surface area contributed by atoms with E-state index in [4.69, 9.17) is 9.84 Å². The van der Waals surface area contributed by atoms with Gasteiger partial charge in [-0.3, -0.25) is 4.79 Å². The van der Waals surface area contributed by atoms with E-state index < -0.39 is 0 Å². The third-order valence-electron chi connectivity index (χ3n) is 2.32. The Morgan fingerprint density at radius 2 is 1.89 bits per heavy atom. The number of benzene rings is 1. The molecule has 1 aromatic rings. The molecule has 0 fully saturated rings. The maximum atomic E-state index is 11.5. The summed E-state index contributed by atoms with van der Waals surface area (Å²) in [5.74, 6) is -0.0166. The van der Waals surface area contributed by atoms with Gasteiger partial charge in [-0.1, -0.05) is 0 Å². The third-order valence-corrected chi connectivity index (χ3v) is 2.32. The molecule has 3 N–H and O–H groups in total. The Labute approximate surface area is 111 Å². The van der Waals surface area contributed by atoms with E-state index in [0.717, 1.165) is 0 Å². The summed E-state index contributed by atoms with van der Waals surface area (Å²) in [5.41, 5.74) is 1.21. The highest BCUT2D eigenvalue weighted by Crippen LogP contribution is 2.09. The number of aliphatic hydroxyl groups excluding tert-OH is 1. The molecule has 0 unspecified atom stereocenters. The Hall–Kier alpha value is -1.92. The fraction of sp³-hybridized carbons (Fsp3) is 0.385. The van der Waals surface area contributed by atoms with Crippen LogP contribution in [0.4, 0.5) is 10.5 Å². The fourth-order valence-corrected chi connectivity index (χ4v) is 1.37. The minimum atomic E-state index is -0.344. The number of Topliss-reactive ketones (excluding diaryl/α,β-unsaturated/α-hetero) is 1. The van der Waals surface area contributed by atoms with Crippen molar-refractivity contribution in [2.45, 2.75) is 6.92 Å². The molecule has 2 amide bonds. The number of rotatable bonds is 7. The molecule has 6 nitrogen and oxygen atoms in total. The molecule has 0 saturated carbocycles. The van der Waals surface area contributed by atoms with Crippen LogP contribution in [0.15, 0.2) is 24.3 Å². The summed E-state index contributed by atoms with van der Waals surface area (Å²) >= 11 is 0. The first-order valence-electron chi connectivity index (χ1n) is 5.98. The van der Waals surface area contributed by atoms with E-state index in [0.29, 0.717) is 24.4 Å². The second-order valence-electron chi connectivity index (χ2n) is 3.85. The molecule has 0 radical (unpaired) electrons. The zero-order valence-corrected chi connectivity index (χ0v) is 10.8. The van der Waals surface area contributed by atoms with E-state index in [1.54, 1.807) is 24.3 Å². The molecule has 0 aliphatic carbocycles. The number of urea groups is 1. The van der Waals surface area contributed by atoms with Gasteiger partial charge < -0.3 is 20.5 Å². The van der Waals surface area contributed by atoms with E-state index in [1.807, 2.05) is 0 Å². The highest BCUT2D eigenvalue weighted by Gasteiger charge is 2.02. The predicted molar refractivity (Wildman–Crippen MR) is 71.4 cm³/mol. The number of hydrogen-bond donors (Lipinski definition) is 3. The van der Waals surface area contributed by atoms with Gasteiger partial charge in [0.05, 0.1) is 19.8 Å². The van der Waals surface area contributed by atoms with Gasteiger partial charge in [0.15, 0.2) is 5.78 Å². The quantitative estimate of drug-likeness (QED) is 0.508. The van der Waals surface area contributed by atoms with E-state index in [9.17, 15) is 9.59 Å². The number of aliphatic hydroxyl groups is 1. The Bertz CT molecular complexity index is 417. The molecule has 0 atom stereocenters. The van der Waals surface area contributed by atoms with Crippen LogP contribution in [0, 0.1) is 0 Å². The molecular formula is C13H18N2O4. The number of ether oxygens (including phenoxy) is 1. The van der Waals surface area contributed by atoms with Crippen LogP contribution < -0.4 is 10.6 Å². The van der Waals surface area contributed by atoms with E-state index in [1.165, 1.54) is 6.92 Å². The normalized spacial score (nSPS) is 10.0. The molecule has 0 bridgehead atoms. The van der Waals surface area contributed by atoms with Gasteiger partial charge in [-0.25, -0.2) is 4.79 Å². The predicted octanol–water partition coefficient (Wildman–Crippen LogP) is 1.02. The molecule has 104 valence electrons. The molecule has 0 aliphatic rings. The van der Waals surface area contributed by atoms with Gasteiger partial charge in [-0.05, 0) is 31.2 Å². The summed E-state index contributed by atoms with van der Waals surface area (Å²) in [6.45, 7) is 2.42. The number of carbonyl (C=O) groups is 2. The smallest absolute Gasteiger partial charge is 0.319 e. The first kappa shape index (κ1) is 15.1. The van der Waals surface area contributed by atoms with Crippen LogP contribution in [0.2, 0.25) is 0 Å². The first-order valence-corrected chi connectivity index (χ1v) is 5.98. The highest BCUT2D eigenvalue weighted by atomic mass is 16.5. The lowest BCUT2D eigenvalue weighted by Crippen LogP contribution is -2.31. The monoisotopic (exact) mass is 266 g/mol. The number of nitrogens with one attached hydrogen (secondary N) is 2. The van der Waals surface area contributed by atoms with Crippen LogP contribution in [-0.2, 0) is 4.74 Å². The number of ketones is 1. The number of amides is 2. The average molecular weight is 266 g/mol. The summed E-state index contributed by atoms with van der Waals surface area (Å²) in [6.07, 6.45) is 0. The summed E-state index contributed by atoms with van der Waals surface area (Å²) in [7, 11) is 0. The van der Waals surface area contributed by atoms with E-state index in [-0.39, 0.29) is 25.0 Å². The minimum absolute atomic E-state index is 0.0166. The molecule has 19 heavy (non-hydrogen) atoms. The number of hydrogen-bond acceptors (Lipinski definition) is 4. The van der Waals surface area contributed by atoms with Crippen molar-refractivity contribution >= 4 is 17.5 Å². The van der Waals surface area contributed by atoms with Crippen molar-refractivity contribution in [1.82, 2.24) is 5.32 Å². The van der Waals surface area contributed by atoms with Crippen molar-refractivity contribution < 1.29 is 19.4 Å². The molecule has 1 aromatic carbocycles. The van der Waals surface area contributed by atoms with Crippen LogP contribution in [-0.4, -0.2) is 43.3 Å². The lowest BCUT2D eigenvalue weighted by Gasteiger charge is -2.08. The van der Waals surface area contributed by atoms with Crippen LogP contribution in [0.5, 0.6) is 0 Å². The molecule has 0 saturated heterocycles. The van der Waals surface area contributed by atoms with Crippen molar-refractivity contribution in [2.24, 2.45) is 0 Å². The third kappa shape index (κ3) is 5.98. The van der Waals surface area contributed by atoms with Gasteiger partial charge in [-0.2, -0.15) is 0 Å². The Morgan fingerprint density at radius 1 is 1.21 bits per heavy atom. The van der Waals surface area contributed by atoms with Crippen molar-refractivity contribution in [3.8, 4) is 0 Å². The van der Waals surface area contributed by atoms with E-state index in [2.05, 4.69) is 10.6 Å². The molecule has 6 heteroatoms. The number of anilines is 1. The Kier molecular flexibility index (Phi) is 6.56. The van der Waals surface area contributed by atoms with Gasteiger partial charge in [0.1, 0.15) is 0 Å². The molecule has 0 aliphatic heterocycles. The van der Waals surface area contributed by atoms with Crippen LogP contribution in [0.1, 0.15) is 17.3 Å². The van der Waals surface area contributed by atoms with Gasteiger partial charge in [0, 0.05) is 17.8 Å². The topological polar surface area (TPSA) is 87.7 Å². The van der Waals surface area contributed by atoms with Crippen LogP contribution >= 0.6 is 0 Å². The summed E-state index contributed by atoms with van der Waals surface area (Å²) in [6, 6.07) is 6.30. The zero-order chi connectivity index (χ0) is 14.1. The Morgan fingerprint density at radius 3 is 2.47 bits per heavy atom. The molecule has 0 aromatic heterocycles. The number of carbonyl (C=O) groups excluding carboxylic acids is 2. The molecule has 0 spiro atoms. The summed E-state index contributed by atoms with van der Waals surface area (Å²) in [5, 5.41) is 13.7. The fourth-order valence-electron chi connectivity index (χ4n) is 1.37. The lowest BCUT2D eigenvalue weighted by molar-refractivity contribution is 0.0950. The van der Waals surface area contributed by atoms with Crippen molar-refractivity contribution in [3.63, 3.8) is 0 Å². The second kappa shape index (κ2) is 8.23. The van der Waals surface area contributed by atoms with Gasteiger partial charge in [-0.15, -0.1) is 0 Å². The highest BCUT2D eigenvalue weighted by molar-refractivity contribution is 5.95. The second-order valence-corrected chi connectivity index (χ2v) is 3.85. The standard InChI is InChI=1S/C13H18N2O4/c1-10(17)11-2-4-12(5-3-11)15-13(18)14-6-8-19-9-7-16/h2-5,16H,6-9H2,1H3,(H2,14,15,18). The van der Waals surface area contributed by atoms with Crippen LogP contribution in [0.25, 0.3) is 0 Å². The molecular weight excluding hydrogens is 248 g/mol. The Balaban J connectivity index is 2.30. The lowest BCUT2D eigenvalue weighted by atomic mass is 10.1. The summed E-state index contributed by atoms with van der Waals surface area (Å²) in [4.78, 5) is 22.5. The van der Waals surface area contributed by atoms with Gasteiger partial charge >= 0.3 is 6.03 Å². The van der Waals surface area contributed by atoms with E-state index >= 15 is 0 Å². The summed E-state index contributed by atoms with van der Waals surface area (Å²) < 4.78 is 5.00. The zero-order valence-electron chi connectivity index (χ0n) is 10.8. The average Bonchev–Trinajstić information content (AvgIpc) is 2.39. The van der Waals surface area contributed by atoms with Gasteiger partial charge in [0.25, 0.3) is 0 Å². The SMILES string of the molecule is CC(=O)c1ccc(NC(=O)NCCOCCO)cc1.